The Morgan fingerprint density at radius 1 is 1.11 bits per heavy atom. The summed E-state index contributed by atoms with van der Waals surface area (Å²) in [5.74, 6) is -0.816. The third-order valence-corrected chi connectivity index (χ3v) is 4.58. The average Bonchev–Trinajstić information content (AvgIpc) is 2.80. The van der Waals surface area contributed by atoms with E-state index in [4.69, 9.17) is 5.11 Å². The molecule has 10 nitrogen and oxygen atoms in total. The van der Waals surface area contributed by atoms with E-state index in [1.54, 1.807) is 24.3 Å². The van der Waals surface area contributed by atoms with Gasteiger partial charge in [-0.05, 0) is 23.3 Å². The second-order valence-corrected chi connectivity index (χ2v) is 7.26. The normalized spacial score (nSPS) is 12.1. The number of H-pyrrole nitrogens is 1. The quantitative estimate of drug-likeness (QED) is 0.268. The molecule has 6 N–H and O–H groups in total. The number of amides is 2. The number of anilines is 2. The van der Waals surface area contributed by atoms with E-state index in [2.05, 4.69) is 30.7 Å². The topological polar surface area (TPSA) is 149 Å². The van der Waals surface area contributed by atoms with Crippen LogP contribution in [0.2, 0.25) is 0 Å². The molecule has 13 heteroatoms. The molecule has 1 unspecified atom stereocenters. The fraction of sp³-hybridized carbons (Fsp3) is 0.227. The zero-order valence-electron chi connectivity index (χ0n) is 18.1. The van der Waals surface area contributed by atoms with Crippen molar-refractivity contribution in [1.29, 1.82) is 0 Å². The Bertz CT molecular complexity index is 1200. The summed E-state index contributed by atoms with van der Waals surface area (Å²) >= 11 is 0. The summed E-state index contributed by atoms with van der Waals surface area (Å²) in [5, 5.41) is 25.6. The number of carbonyl (C=O) groups is 1. The Kier molecular flexibility index (Phi) is 8.41. The van der Waals surface area contributed by atoms with Crippen LogP contribution in [0.1, 0.15) is 5.56 Å². The van der Waals surface area contributed by atoms with E-state index in [0.717, 1.165) is 11.6 Å². The molecule has 0 saturated heterocycles. The fourth-order valence-electron chi connectivity index (χ4n) is 2.96. The summed E-state index contributed by atoms with van der Waals surface area (Å²) < 4.78 is 41.5. The van der Waals surface area contributed by atoms with E-state index in [-0.39, 0.29) is 30.4 Å². The number of nitrogens with one attached hydrogen (secondary N) is 4. The molecule has 2 amide bonds. The number of hydrogen-bond acceptors (Lipinski definition) is 7. The maximum Gasteiger partial charge on any atom is 0.573 e. The predicted molar refractivity (Wildman–Crippen MR) is 121 cm³/mol. The highest BCUT2D eigenvalue weighted by Crippen LogP contribution is 2.29. The minimum absolute atomic E-state index is 0.214. The number of alkyl halides is 3. The monoisotopic (exact) mass is 493 g/mol. The van der Waals surface area contributed by atoms with E-state index in [0.29, 0.717) is 12.1 Å². The molecule has 0 aliphatic rings. The molecular formula is C22H22F3N5O5. The van der Waals surface area contributed by atoms with Gasteiger partial charge in [-0.3, -0.25) is 15.1 Å². The zero-order chi connectivity index (χ0) is 25.4. The van der Waals surface area contributed by atoms with Crippen molar-refractivity contribution < 1.29 is 32.9 Å². The summed E-state index contributed by atoms with van der Waals surface area (Å²) in [4.78, 5) is 31.1. The molecule has 1 heterocycles. The van der Waals surface area contributed by atoms with E-state index in [1.165, 1.54) is 24.4 Å². The zero-order valence-corrected chi connectivity index (χ0v) is 18.1. The first-order valence-electron chi connectivity index (χ1n) is 10.3. The van der Waals surface area contributed by atoms with Gasteiger partial charge in [0.15, 0.2) is 5.75 Å². The fourth-order valence-corrected chi connectivity index (χ4v) is 2.96. The number of benzene rings is 2. The van der Waals surface area contributed by atoms with Crippen molar-refractivity contribution in [2.45, 2.75) is 19.0 Å². The number of urea groups is 1. The predicted octanol–water partition coefficient (Wildman–Crippen LogP) is 2.42. The van der Waals surface area contributed by atoms with E-state index >= 15 is 0 Å². The van der Waals surface area contributed by atoms with Crippen LogP contribution in [0.25, 0.3) is 11.1 Å². The minimum atomic E-state index is -4.94. The summed E-state index contributed by atoms with van der Waals surface area (Å²) in [5.41, 5.74) is 0.894. The van der Waals surface area contributed by atoms with Crippen molar-refractivity contribution in [3.8, 4) is 16.9 Å². The van der Waals surface area contributed by atoms with E-state index < -0.39 is 29.8 Å². The lowest BCUT2D eigenvalue weighted by Gasteiger charge is -2.14. The van der Waals surface area contributed by atoms with E-state index in [9.17, 15) is 27.9 Å². The second kappa shape index (κ2) is 11.5. The van der Waals surface area contributed by atoms with Crippen molar-refractivity contribution in [2.75, 3.05) is 23.8 Å². The number of halogens is 3. The van der Waals surface area contributed by atoms with Gasteiger partial charge >= 0.3 is 12.4 Å². The number of para-hydroxylation sites is 2. The van der Waals surface area contributed by atoms with Crippen LogP contribution >= 0.6 is 0 Å². The van der Waals surface area contributed by atoms with Gasteiger partial charge in [-0.15, -0.1) is 13.2 Å². The molecule has 3 aromatic rings. The first kappa shape index (κ1) is 25.7. The van der Waals surface area contributed by atoms with Crippen molar-refractivity contribution in [2.24, 2.45) is 0 Å². The number of carbonyl (C=O) groups excluding carboxylic acids is 1. The van der Waals surface area contributed by atoms with Crippen LogP contribution in [0.15, 0.2) is 59.5 Å². The van der Waals surface area contributed by atoms with Gasteiger partial charge in [0.2, 0.25) is 5.95 Å². The Hall–Kier alpha value is -3.94. The lowest BCUT2D eigenvalue weighted by atomic mass is 10.1. The highest BCUT2D eigenvalue weighted by molar-refractivity contribution is 5.99. The van der Waals surface area contributed by atoms with Crippen LogP contribution in [0.4, 0.5) is 29.6 Å². The van der Waals surface area contributed by atoms with Crippen LogP contribution in [0, 0.1) is 0 Å². The van der Waals surface area contributed by atoms with Gasteiger partial charge in [0.05, 0.1) is 24.0 Å². The number of rotatable bonds is 9. The number of nitrogens with zero attached hydrogens (tertiary/aromatic N) is 1. The first-order chi connectivity index (χ1) is 16.6. The van der Waals surface area contributed by atoms with Gasteiger partial charge in [-0.25, -0.2) is 9.78 Å². The first-order valence-corrected chi connectivity index (χ1v) is 10.3. The second-order valence-electron chi connectivity index (χ2n) is 7.26. The largest absolute Gasteiger partial charge is 0.573 e. The van der Waals surface area contributed by atoms with E-state index in [1.807, 2.05) is 0 Å². The highest BCUT2D eigenvalue weighted by atomic mass is 19.4. The third-order valence-electron chi connectivity index (χ3n) is 4.58. The highest BCUT2D eigenvalue weighted by Gasteiger charge is 2.32. The van der Waals surface area contributed by atoms with Crippen LogP contribution in [0.3, 0.4) is 0 Å². The molecule has 3 rings (SSSR count). The Balaban J connectivity index is 1.63. The summed E-state index contributed by atoms with van der Waals surface area (Å²) in [7, 11) is 0. The number of aromatic amines is 1. The smallest absolute Gasteiger partial charge is 0.404 e. The molecule has 0 fully saturated rings. The lowest BCUT2D eigenvalue weighted by molar-refractivity contribution is -0.274. The SMILES string of the molecule is O=C(Nc1ncc(-c2ccc(CNCC(O)CO)cc2)c(=O)[nH]1)Nc1ccccc1OC(F)(F)F. The molecule has 0 aliphatic heterocycles. The molecule has 1 atom stereocenters. The molecule has 1 aromatic heterocycles. The van der Waals surface area contributed by atoms with Gasteiger partial charge < -0.3 is 25.6 Å². The molecule has 0 aliphatic carbocycles. The lowest BCUT2D eigenvalue weighted by Crippen LogP contribution is -2.28. The molecule has 2 aromatic carbocycles. The van der Waals surface area contributed by atoms with Gasteiger partial charge in [0, 0.05) is 19.3 Å². The minimum Gasteiger partial charge on any atom is -0.404 e. The Labute approximate surface area is 196 Å². The van der Waals surface area contributed by atoms with Gasteiger partial charge in [-0.2, -0.15) is 0 Å². The number of aromatic nitrogens is 2. The van der Waals surface area contributed by atoms with Crippen LogP contribution in [-0.4, -0.2) is 51.8 Å². The van der Waals surface area contributed by atoms with Gasteiger partial charge in [-0.1, -0.05) is 36.4 Å². The summed E-state index contributed by atoms with van der Waals surface area (Å²) in [6.45, 7) is 0.333. The van der Waals surface area contributed by atoms with Crippen molar-refractivity contribution in [1.82, 2.24) is 15.3 Å². The Morgan fingerprint density at radius 3 is 2.49 bits per heavy atom. The molecule has 0 bridgehead atoms. The van der Waals surface area contributed by atoms with Gasteiger partial charge in [0.1, 0.15) is 0 Å². The molecule has 0 spiro atoms. The van der Waals surface area contributed by atoms with Gasteiger partial charge in [0.25, 0.3) is 5.56 Å². The number of ether oxygens (including phenoxy) is 1. The van der Waals surface area contributed by atoms with Crippen LogP contribution in [0.5, 0.6) is 5.75 Å². The maximum absolute atomic E-state index is 12.5. The summed E-state index contributed by atoms with van der Waals surface area (Å²) in [6.07, 6.45) is -4.54. The molecule has 35 heavy (non-hydrogen) atoms. The van der Waals surface area contributed by atoms with Crippen molar-refractivity contribution in [3.63, 3.8) is 0 Å². The number of aliphatic hydroxyl groups excluding tert-OH is 2. The average molecular weight is 493 g/mol. The number of aliphatic hydroxyl groups is 2. The van der Waals surface area contributed by atoms with Crippen molar-refractivity contribution in [3.05, 3.63) is 70.6 Å². The van der Waals surface area contributed by atoms with Crippen molar-refractivity contribution >= 4 is 17.7 Å². The van der Waals surface area contributed by atoms with Crippen LogP contribution in [-0.2, 0) is 6.54 Å². The molecule has 186 valence electrons. The number of hydrogen-bond donors (Lipinski definition) is 6. The Morgan fingerprint density at radius 2 is 1.83 bits per heavy atom. The standard InChI is InChI=1S/C22H22F3N5O5/c23-22(24,25)35-18-4-2-1-3-17(18)28-21(34)30-20-27-11-16(19(33)29-20)14-7-5-13(6-8-14)9-26-10-15(32)12-31/h1-8,11,15,26,31-32H,9-10,12H2,(H3,27,28,29,30,33,34). The summed E-state index contributed by atoms with van der Waals surface area (Å²) in [6, 6.07) is 11.0. The maximum atomic E-state index is 12.5. The molecular weight excluding hydrogens is 471 g/mol. The van der Waals surface area contributed by atoms with Crippen LogP contribution < -0.4 is 26.2 Å². The molecule has 0 saturated carbocycles. The third kappa shape index (κ3) is 7.81. The molecule has 0 radical (unpaired) electrons.